The van der Waals surface area contributed by atoms with E-state index in [4.69, 9.17) is 4.74 Å². The SMILES string of the molecule is COc1ccccc1C1NC2(CC2)C(=O)N1CC1CCC1. The van der Waals surface area contributed by atoms with Crippen molar-refractivity contribution >= 4 is 5.91 Å². The number of ether oxygens (including phenoxy) is 1. The third-order valence-corrected chi connectivity index (χ3v) is 5.26. The molecule has 3 fully saturated rings. The monoisotopic (exact) mass is 286 g/mol. The Bertz CT molecular complexity index is 564. The van der Waals surface area contributed by atoms with Crippen molar-refractivity contribution in [2.75, 3.05) is 13.7 Å². The van der Waals surface area contributed by atoms with E-state index in [0.717, 1.165) is 30.7 Å². The van der Waals surface area contributed by atoms with Crippen molar-refractivity contribution in [2.24, 2.45) is 5.92 Å². The number of nitrogens with zero attached hydrogens (tertiary/aromatic N) is 1. The van der Waals surface area contributed by atoms with Crippen LogP contribution >= 0.6 is 0 Å². The first kappa shape index (κ1) is 13.1. The van der Waals surface area contributed by atoms with Crippen LogP contribution in [0.15, 0.2) is 24.3 Å². The third kappa shape index (κ3) is 2.04. The number of carbonyl (C=O) groups excluding carboxylic acids is 1. The van der Waals surface area contributed by atoms with E-state index >= 15 is 0 Å². The lowest BCUT2D eigenvalue weighted by Gasteiger charge is -2.33. The number of hydrogen-bond acceptors (Lipinski definition) is 3. The summed E-state index contributed by atoms with van der Waals surface area (Å²) < 4.78 is 5.50. The van der Waals surface area contributed by atoms with Crippen LogP contribution in [0.25, 0.3) is 0 Å². The summed E-state index contributed by atoms with van der Waals surface area (Å²) in [4.78, 5) is 14.8. The molecule has 1 saturated heterocycles. The van der Waals surface area contributed by atoms with E-state index in [1.165, 1.54) is 19.3 Å². The minimum Gasteiger partial charge on any atom is -0.496 e. The predicted octanol–water partition coefficient (Wildman–Crippen LogP) is 2.46. The number of rotatable bonds is 4. The molecule has 3 aliphatic rings. The Labute approximate surface area is 125 Å². The zero-order valence-corrected chi connectivity index (χ0v) is 12.5. The molecular weight excluding hydrogens is 264 g/mol. The number of methoxy groups -OCH3 is 1. The van der Waals surface area contributed by atoms with Gasteiger partial charge in [0.25, 0.3) is 0 Å². The van der Waals surface area contributed by atoms with Crippen molar-refractivity contribution in [3.05, 3.63) is 29.8 Å². The van der Waals surface area contributed by atoms with Gasteiger partial charge < -0.3 is 9.64 Å². The molecule has 1 heterocycles. The van der Waals surface area contributed by atoms with Gasteiger partial charge in [0.15, 0.2) is 0 Å². The van der Waals surface area contributed by atoms with Crippen LogP contribution in [0.5, 0.6) is 5.75 Å². The van der Waals surface area contributed by atoms with Gasteiger partial charge in [-0.05, 0) is 37.7 Å². The molecular formula is C17H22N2O2. The fourth-order valence-electron chi connectivity index (χ4n) is 3.56. The highest BCUT2D eigenvalue weighted by Gasteiger charge is 2.59. The van der Waals surface area contributed by atoms with Gasteiger partial charge in [0, 0.05) is 12.1 Å². The molecule has 1 N–H and O–H groups in total. The van der Waals surface area contributed by atoms with Gasteiger partial charge in [-0.25, -0.2) is 0 Å². The molecule has 1 atom stereocenters. The van der Waals surface area contributed by atoms with Crippen LogP contribution in [0, 0.1) is 5.92 Å². The van der Waals surface area contributed by atoms with E-state index in [9.17, 15) is 4.79 Å². The van der Waals surface area contributed by atoms with Crippen LogP contribution in [0.1, 0.15) is 43.8 Å². The summed E-state index contributed by atoms with van der Waals surface area (Å²) in [5.74, 6) is 1.84. The van der Waals surface area contributed by atoms with Crippen LogP contribution in [0.3, 0.4) is 0 Å². The van der Waals surface area contributed by atoms with Gasteiger partial charge in [-0.2, -0.15) is 0 Å². The smallest absolute Gasteiger partial charge is 0.244 e. The average molecular weight is 286 g/mol. The third-order valence-electron chi connectivity index (χ3n) is 5.26. The van der Waals surface area contributed by atoms with Crippen molar-refractivity contribution in [1.82, 2.24) is 10.2 Å². The maximum absolute atomic E-state index is 12.8. The molecule has 1 spiro atoms. The van der Waals surface area contributed by atoms with Gasteiger partial charge in [-0.1, -0.05) is 24.6 Å². The van der Waals surface area contributed by atoms with Gasteiger partial charge in [0.05, 0.1) is 7.11 Å². The number of para-hydroxylation sites is 1. The van der Waals surface area contributed by atoms with Gasteiger partial charge in [-0.3, -0.25) is 10.1 Å². The maximum Gasteiger partial charge on any atom is 0.244 e. The summed E-state index contributed by atoms with van der Waals surface area (Å²) in [6.45, 7) is 0.885. The molecule has 0 radical (unpaired) electrons. The lowest BCUT2D eigenvalue weighted by Crippen LogP contribution is -2.37. The predicted molar refractivity (Wildman–Crippen MR) is 79.9 cm³/mol. The molecule has 4 rings (SSSR count). The Morgan fingerprint density at radius 2 is 2.10 bits per heavy atom. The molecule has 1 unspecified atom stereocenters. The number of benzene rings is 1. The first-order valence-corrected chi connectivity index (χ1v) is 7.95. The minimum absolute atomic E-state index is 0.0308. The average Bonchev–Trinajstić information content (AvgIpc) is 3.19. The van der Waals surface area contributed by atoms with Crippen molar-refractivity contribution in [1.29, 1.82) is 0 Å². The first-order valence-electron chi connectivity index (χ1n) is 7.95. The lowest BCUT2D eigenvalue weighted by molar-refractivity contribution is -0.131. The normalized spacial score (nSPS) is 27.0. The first-order chi connectivity index (χ1) is 10.2. The van der Waals surface area contributed by atoms with E-state index in [0.29, 0.717) is 11.8 Å². The molecule has 21 heavy (non-hydrogen) atoms. The maximum atomic E-state index is 12.8. The fraction of sp³-hybridized carbons (Fsp3) is 0.588. The Hall–Kier alpha value is -1.55. The zero-order valence-electron chi connectivity index (χ0n) is 12.5. The van der Waals surface area contributed by atoms with E-state index in [1.807, 2.05) is 18.2 Å². The van der Waals surface area contributed by atoms with Gasteiger partial charge in [0.2, 0.25) is 5.91 Å². The summed E-state index contributed by atoms with van der Waals surface area (Å²) >= 11 is 0. The van der Waals surface area contributed by atoms with Crippen LogP contribution < -0.4 is 10.1 Å². The molecule has 4 nitrogen and oxygen atoms in total. The lowest BCUT2D eigenvalue weighted by atomic mass is 9.85. The van der Waals surface area contributed by atoms with Gasteiger partial charge in [-0.15, -0.1) is 0 Å². The molecule has 1 aromatic rings. The van der Waals surface area contributed by atoms with Crippen molar-refractivity contribution in [2.45, 2.75) is 43.8 Å². The highest BCUT2D eigenvalue weighted by Crippen LogP contribution is 2.48. The van der Waals surface area contributed by atoms with Crippen molar-refractivity contribution in [3.8, 4) is 5.75 Å². The van der Waals surface area contributed by atoms with Crippen molar-refractivity contribution in [3.63, 3.8) is 0 Å². The quantitative estimate of drug-likeness (QED) is 0.924. The Balaban J connectivity index is 1.66. The molecule has 1 amide bonds. The molecule has 0 aromatic heterocycles. The van der Waals surface area contributed by atoms with Crippen LogP contribution in [0.2, 0.25) is 0 Å². The molecule has 1 aromatic carbocycles. The standard InChI is InChI=1S/C17H22N2O2/c1-21-14-8-3-2-7-13(14)15-18-17(9-10-17)16(20)19(15)11-12-5-4-6-12/h2-3,7-8,12,15,18H,4-6,9-11H2,1H3. The molecule has 112 valence electrons. The molecule has 1 aliphatic heterocycles. The highest BCUT2D eigenvalue weighted by molar-refractivity contribution is 5.92. The Morgan fingerprint density at radius 3 is 2.71 bits per heavy atom. The largest absolute Gasteiger partial charge is 0.496 e. The van der Waals surface area contributed by atoms with Crippen LogP contribution in [-0.2, 0) is 4.79 Å². The molecule has 0 bridgehead atoms. The van der Waals surface area contributed by atoms with E-state index in [1.54, 1.807) is 7.11 Å². The molecule has 4 heteroatoms. The van der Waals surface area contributed by atoms with Gasteiger partial charge in [0.1, 0.15) is 17.5 Å². The van der Waals surface area contributed by atoms with E-state index in [2.05, 4.69) is 16.3 Å². The molecule has 2 saturated carbocycles. The summed E-state index contributed by atoms with van der Waals surface area (Å²) in [6.07, 6.45) is 5.74. The number of nitrogens with one attached hydrogen (secondary N) is 1. The van der Waals surface area contributed by atoms with Crippen LogP contribution in [-0.4, -0.2) is 30.0 Å². The molecule has 2 aliphatic carbocycles. The number of hydrogen-bond donors (Lipinski definition) is 1. The Kier molecular flexibility index (Phi) is 2.96. The topological polar surface area (TPSA) is 41.6 Å². The summed E-state index contributed by atoms with van der Waals surface area (Å²) in [7, 11) is 1.69. The second-order valence-corrected chi connectivity index (χ2v) is 6.63. The summed E-state index contributed by atoms with van der Waals surface area (Å²) in [5, 5.41) is 3.58. The number of amides is 1. The fourth-order valence-corrected chi connectivity index (χ4v) is 3.56. The van der Waals surface area contributed by atoms with Crippen LogP contribution in [0.4, 0.5) is 0 Å². The zero-order chi connectivity index (χ0) is 14.4. The number of carbonyl (C=O) groups is 1. The summed E-state index contributed by atoms with van der Waals surface area (Å²) in [5.41, 5.74) is 0.811. The minimum atomic E-state index is -0.269. The summed E-state index contributed by atoms with van der Waals surface area (Å²) in [6, 6.07) is 8.03. The highest BCUT2D eigenvalue weighted by atomic mass is 16.5. The second kappa shape index (κ2) is 4.73. The second-order valence-electron chi connectivity index (χ2n) is 6.63. The van der Waals surface area contributed by atoms with Crippen molar-refractivity contribution < 1.29 is 9.53 Å². The van der Waals surface area contributed by atoms with E-state index in [-0.39, 0.29) is 11.7 Å². The Morgan fingerprint density at radius 1 is 1.33 bits per heavy atom. The van der Waals surface area contributed by atoms with Gasteiger partial charge >= 0.3 is 0 Å². The van der Waals surface area contributed by atoms with E-state index < -0.39 is 0 Å².